The molecule has 2 amide bonds. The first-order valence-electron chi connectivity index (χ1n) is 7.76. The highest BCUT2D eigenvalue weighted by atomic mass is 19.4. The van der Waals surface area contributed by atoms with Gasteiger partial charge in [0, 0.05) is 30.9 Å². The minimum Gasteiger partial charge on any atom is -0.403 e. The molecule has 1 aromatic rings. The first kappa shape index (κ1) is 20.2. The molecule has 1 aliphatic heterocycles. The third-order valence-electron chi connectivity index (χ3n) is 3.46. The van der Waals surface area contributed by atoms with Gasteiger partial charge >= 0.3 is 6.36 Å². The van der Waals surface area contributed by atoms with Crippen LogP contribution in [-0.2, 0) is 16.1 Å². The van der Waals surface area contributed by atoms with E-state index in [2.05, 4.69) is 25.7 Å². The van der Waals surface area contributed by atoms with Gasteiger partial charge in [0.1, 0.15) is 0 Å². The van der Waals surface area contributed by atoms with Gasteiger partial charge in [-0.15, -0.1) is 13.2 Å². The van der Waals surface area contributed by atoms with Crippen LogP contribution >= 0.6 is 0 Å². The van der Waals surface area contributed by atoms with Gasteiger partial charge in [0.05, 0.1) is 6.21 Å². The molecule has 146 valence electrons. The van der Waals surface area contributed by atoms with Crippen molar-refractivity contribution in [1.82, 2.24) is 16.0 Å². The van der Waals surface area contributed by atoms with Crippen LogP contribution in [0, 0.1) is 5.82 Å². The zero-order valence-corrected chi connectivity index (χ0v) is 14.1. The molecule has 1 aliphatic rings. The van der Waals surface area contributed by atoms with E-state index in [0.717, 1.165) is 18.3 Å². The largest absolute Gasteiger partial charge is 0.573 e. The SMILES string of the molecule is CCC(=O)NC1(C(=O)NCc2cccc(OC(F)(F)F)c2F)C=NC=CN1. The molecule has 0 radical (unpaired) electrons. The Morgan fingerprint density at radius 1 is 1.33 bits per heavy atom. The van der Waals surface area contributed by atoms with Crippen LogP contribution in [0.3, 0.4) is 0 Å². The van der Waals surface area contributed by atoms with E-state index in [1.807, 2.05) is 0 Å². The summed E-state index contributed by atoms with van der Waals surface area (Å²) in [5, 5.41) is 7.45. The summed E-state index contributed by atoms with van der Waals surface area (Å²) >= 11 is 0. The standard InChI is InChI=1S/C16H16F4N4O3/c1-2-12(25)24-15(9-21-6-7-23-15)14(26)22-8-10-4-3-5-11(13(10)17)27-16(18,19)20/h3-7,9,23H,2,8H2,1H3,(H,22,26)(H,24,25). The summed E-state index contributed by atoms with van der Waals surface area (Å²) in [6, 6.07) is 3.17. The van der Waals surface area contributed by atoms with Crippen LogP contribution in [0.25, 0.3) is 0 Å². The molecule has 27 heavy (non-hydrogen) atoms. The Morgan fingerprint density at radius 3 is 2.67 bits per heavy atom. The highest BCUT2D eigenvalue weighted by Crippen LogP contribution is 2.27. The number of nitrogens with one attached hydrogen (secondary N) is 3. The second kappa shape index (κ2) is 8.06. The normalized spacial score (nSPS) is 18.6. The highest BCUT2D eigenvalue weighted by Gasteiger charge is 2.38. The molecule has 1 unspecified atom stereocenters. The summed E-state index contributed by atoms with van der Waals surface area (Å²) in [4.78, 5) is 28.0. The van der Waals surface area contributed by atoms with Crippen molar-refractivity contribution < 1.29 is 31.9 Å². The zero-order valence-electron chi connectivity index (χ0n) is 14.1. The number of carbonyl (C=O) groups is 2. The molecule has 1 aromatic carbocycles. The summed E-state index contributed by atoms with van der Waals surface area (Å²) in [6.07, 6.45) is -1.13. The van der Waals surface area contributed by atoms with Crippen LogP contribution in [0.1, 0.15) is 18.9 Å². The van der Waals surface area contributed by atoms with Crippen LogP contribution in [0.2, 0.25) is 0 Å². The fraction of sp³-hybridized carbons (Fsp3) is 0.312. The highest BCUT2D eigenvalue weighted by molar-refractivity contribution is 6.06. The maximum atomic E-state index is 14.2. The molecular weight excluding hydrogens is 372 g/mol. The Labute approximate surface area is 151 Å². The number of benzene rings is 1. The van der Waals surface area contributed by atoms with Crippen molar-refractivity contribution in [3.63, 3.8) is 0 Å². The number of halogens is 4. The lowest BCUT2D eigenvalue weighted by molar-refractivity contribution is -0.275. The predicted molar refractivity (Wildman–Crippen MR) is 86.9 cm³/mol. The van der Waals surface area contributed by atoms with E-state index in [4.69, 9.17) is 0 Å². The number of rotatable bonds is 6. The van der Waals surface area contributed by atoms with Gasteiger partial charge in [-0.05, 0) is 6.07 Å². The minimum atomic E-state index is -5.05. The van der Waals surface area contributed by atoms with E-state index in [1.165, 1.54) is 18.5 Å². The molecule has 0 saturated heterocycles. The molecule has 0 aromatic heterocycles. The van der Waals surface area contributed by atoms with E-state index in [1.54, 1.807) is 6.92 Å². The number of alkyl halides is 3. The maximum Gasteiger partial charge on any atom is 0.573 e. The lowest BCUT2D eigenvalue weighted by Crippen LogP contribution is -2.67. The average molecular weight is 388 g/mol. The van der Waals surface area contributed by atoms with E-state index in [0.29, 0.717) is 0 Å². The fourth-order valence-corrected chi connectivity index (χ4v) is 2.17. The summed E-state index contributed by atoms with van der Waals surface area (Å²) in [7, 11) is 0. The number of ether oxygens (including phenoxy) is 1. The summed E-state index contributed by atoms with van der Waals surface area (Å²) in [5.74, 6) is -3.50. The number of hydrogen-bond acceptors (Lipinski definition) is 5. The van der Waals surface area contributed by atoms with Gasteiger partial charge in [0.15, 0.2) is 11.6 Å². The maximum absolute atomic E-state index is 14.2. The second-order valence-electron chi connectivity index (χ2n) is 5.41. The lowest BCUT2D eigenvalue weighted by Gasteiger charge is -2.31. The summed E-state index contributed by atoms with van der Waals surface area (Å²) < 4.78 is 54.6. The van der Waals surface area contributed by atoms with Crippen molar-refractivity contribution in [2.45, 2.75) is 31.9 Å². The van der Waals surface area contributed by atoms with Crippen molar-refractivity contribution in [3.05, 3.63) is 42.0 Å². The summed E-state index contributed by atoms with van der Waals surface area (Å²) in [6.45, 7) is 1.14. The average Bonchev–Trinajstić information content (AvgIpc) is 2.61. The van der Waals surface area contributed by atoms with Crippen LogP contribution in [0.15, 0.2) is 35.6 Å². The number of amides is 2. The minimum absolute atomic E-state index is 0.0969. The third kappa shape index (κ3) is 5.19. The van der Waals surface area contributed by atoms with Gasteiger partial charge in [-0.1, -0.05) is 19.1 Å². The molecule has 0 saturated carbocycles. The van der Waals surface area contributed by atoms with Crippen LogP contribution < -0.4 is 20.7 Å². The molecular formula is C16H16F4N4O3. The molecule has 3 N–H and O–H groups in total. The third-order valence-corrected chi connectivity index (χ3v) is 3.46. The molecule has 0 bridgehead atoms. The fourth-order valence-electron chi connectivity index (χ4n) is 2.17. The smallest absolute Gasteiger partial charge is 0.403 e. The van der Waals surface area contributed by atoms with Gasteiger partial charge in [-0.25, -0.2) is 4.39 Å². The molecule has 2 rings (SSSR count). The van der Waals surface area contributed by atoms with E-state index >= 15 is 0 Å². The first-order valence-corrected chi connectivity index (χ1v) is 7.76. The Balaban J connectivity index is 2.14. The zero-order chi connectivity index (χ0) is 20.1. The van der Waals surface area contributed by atoms with Crippen molar-refractivity contribution in [2.24, 2.45) is 4.99 Å². The van der Waals surface area contributed by atoms with Gasteiger partial charge < -0.3 is 20.7 Å². The summed E-state index contributed by atoms with van der Waals surface area (Å²) in [5.41, 5.74) is -1.93. The topological polar surface area (TPSA) is 91.8 Å². The molecule has 0 aliphatic carbocycles. The van der Waals surface area contributed by atoms with Crippen molar-refractivity contribution in [1.29, 1.82) is 0 Å². The number of aliphatic imine (C=N–C) groups is 1. The Morgan fingerprint density at radius 2 is 2.07 bits per heavy atom. The quantitative estimate of drug-likeness (QED) is 0.647. The molecule has 0 fully saturated rings. The number of hydrogen-bond donors (Lipinski definition) is 3. The Bertz CT molecular complexity index is 779. The van der Waals surface area contributed by atoms with Crippen LogP contribution in [0.4, 0.5) is 17.6 Å². The first-order chi connectivity index (χ1) is 12.7. The van der Waals surface area contributed by atoms with Gasteiger partial charge in [-0.2, -0.15) is 0 Å². The number of carbonyl (C=O) groups excluding carboxylic acids is 2. The lowest BCUT2D eigenvalue weighted by atomic mass is 10.1. The molecule has 0 spiro atoms. The molecule has 1 heterocycles. The van der Waals surface area contributed by atoms with Crippen molar-refractivity contribution >= 4 is 18.0 Å². The molecule has 7 nitrogen and oxygen atoms in total. The van der Waals surface area contributed by atoms with Crippen molar-refractivity contribution in [3.8, 4) is 5.75 Å². The molecule has 11 heteroatoms. The van der Waals surface area contributed by atoms with Gasteiger partial charge in [0.25, 0.3) is 5.91 Å². The van der Waals surface area contributed by atoms with Gasteiger partial charge in [0.2, 0.25) is 11.6 Å². The monoisotopic (exact) mass is 388 g/mol. The van der Waals surface area contributed by atoms with E-state index in [9.17, 15) is 27.2 Å². The Hall–Kier alpha value is -3.11. The molecule has 1 atom stereocenters. The van der Waals surface area contributed by atoms with Crippen LogP contribution in [-0.4, -0.2) is 30.1 Å². The van der Waals surface area contributed by atoms with E-state index < -0.39 is 42.0 Å². The van der Waals surface area contributed by atoms with Gasteiger partial charge in [-0.3, -0.25) is 14.6 Å². The number of nitrogens with zero attached hydrogens (tertiary/aromatic N) is 1. The van der Waals surface area contributed by atoms with Crippen molar-refractivity contribution in [2.75, 3.05) is 0 Å². The Kier molecular flexibility index (Phi) is 6.03. The second-order valence-corrected chi connectivity index (χ2v) is 5.41. The predicted octanol–water partition coefficient (Wildman–Crippen LogP) is 1.71. The van der Waals surface area contributed by atoms with Crippen LogP contribution in [0.5, 0.6) is 5.75 Å². The van der Waals surface area contributed by atoms with E-state index in [-0.39, 0.29) is 12.0 Å².